The number of ether oxygens (including phenoxy) is 1. The van der Waals surface area contributed by atoms with Crippen LogP contribution < -0.4 is 33.2 Å². The Morgan fingerprint density at radius 2 is 1.64 bits per heavy atom. The van der Waals surface area contributed by atoms with E-state index in [1.807, 2.05) is 30.3 Å². The lowest BCUT2D eigenvalue weighted by Crippen LogP contribution is -2.47. The highest BCUT2D eigenvalue weighted by Gasteiger charge is 2.23. The summed E-state index contributed by atoms with van der Waals surface area (Å²) in [7, 11) is 0. The molecule has 13 nitrogen and oxygen atoms in total. The van der Waals surface area contributed by atoms with Crippen molar-refractivity contribution in [2.24, 2.45) is 5.73 Å². The van der Waals surface area contributed by atoms with Crippen molar-refractivity contribution in [3.05, 3.63) is 58.4 Å². The molecule has 0 bridgehead atoms. The van der Waals surface area contributed by atoms with Gasteiger partial charge in [0.05, 0.1) is 0 Å². The number of primary amides is 1. The van der Waals surface area contributed by atoms with Gasteiger partial charge < -0.3 is 32.6 Å². The number of benzene rings is 2. The first-order chi connectivity index (χ1) is 19.7. The van der Waals surface area contributed by atoms with E-state index >= 15 is 0 Å². The summed E-state index contributed by atoms with van der Waals surface area (Å²) in [5.74, 6) is -1.83. The molecule has 0 saturated heterocycles. The maximum atomic E-state index is 12.3. The first-order valence-electron chi connectivity index (χ1n) is 13.2. The molecule has 0 radical (unpaired) electrons. The van der Waals surface area contributed by atoms with Crippen LogP contribution in [0.5, 0.6) is 0 Å². The summed E-state index contributed by atoms with van der Waals surface area (Å²) >= 11 is 5.80. The Morgan fingerprint density at radius 3 is 2.29 bits per heavy atom. The van der Waals surface area contributed by atoms with Gasteiger partial charge in [0, 0.05) is 13.0 Å². The Hall–Kier alpha value is -4.65. The molecule has 3 rings (SSSR count). The maximum Gasteiger partial charge on any atom is 0.408 e. The first kappa shape index (κ1) is 31.9. The standard InChI is InChI=1S/C28H36ClN9O4/c1-28(2,3)42-27(41)35-19(24(32)39)14-16-8-10-17-12-15(7-9-18(17)13-16)6-4-5-11-34-26(33)38-25(40)20-22(30)37-23(31)21(29)36-20/h7-10,12-13,19H,4-6,11,14H2,1-3H3,(H2,32,39)(H,35,41)(H4,30,31,37)(H3,33,34,38,40)/t19-/m0/s1. The van der Waals surface area contributed by atoms with Crippen LogP contribution in [0.4, 0.5) is 16.4 Å². The molecule has 0 aliphatic heterocycles. The average molecular weight is 598 g/mol. The number of halogens is 1. The van der Waals surface area contributed by atoms with Gasteiger partial charge in [0.25, 0.3) is 5.91 Å². The van der Waals surface area contributed by atoms with Gasteiger partial charge in [-0.05, 0) is 61.9 Å². The van der Waals surface area contributed by atoms with E-state index in [-0.39, 0.29) is 34.9 Å². The number of carbonyl (C=O) groups is 3. The third-order valence-electron chi connectivity index (χ3n) is 6.00. The van der Waals surface area contributed by atoms with Crippen molar-refractivity contribution in [3.8, 4) is 0 Å². The molecule has 0 spiro atoms. The number of fused-ring (bicyclic) bond motifs is 1. The second-order valence-corrected chi connectivity index (χ2v) is 11.0. The molecule has 42 heavy (non-hydrogen) atoms. The predicted molar refractivity (Wildman–Crippen MR) is 162 cm³/mol. The second kappa shape index (κ2) is 13.8. The number of alkyl carbamates (subject to hydrolysis) is 1. The number of carbonyl (C=O) groups excluding carboxylic acids is 3. The summed E-state index contributed by atoms with van der Waals surface area (Å²) in [6.45, 7) is 5.69. The van der Waals surface area contributed by atoms with Crippen molar-refractivity contribution >= 4 is 57.9 Å². The number of aromatic nitrogens is 2. The van der Waals surface area contributed by atoms with Crippen LogP contribution in [0.15, 0.2) is 36.4 Å². The molecule has 3 aromatic rings. The Balaban J connectivity index is 1.47. The molecule has 0 saturated carbocycles. The third-order valence-corrected chi connectivity index (χ3v) is 6.27. The first-order valence-corrected chi connectivity index (χ1v) is 13.6. The Kier molecular flexibility index (Phi) is 10.5. The molecule has 10 N–H and O–H groups in total. The molecule has 0 unspecified atom stereocenters. The zero-order valence-electron chi connectivity index (χ0n) is 23.7. The fourth-order valence-corrected chi connectivity index (χ4v) is 4.16. The number of guanidine groups is 1. The monoisotopic (exact) mass is 597 g/mol. The highest BCUT2D eigenvalue weighted by molar-refractivity contribution is 6.31. The summed E-state index contributed by atoms with van der Waals surface area (Å²) in [6, 6.07) is 11.1. The smallest absolute Gasteiger partial charge is 0.408 e. The van der Waals surface area contributed by atoms with E-state index in [9.17, 15) is 14.4 Å². The summed E-state index contributed by atoms with van der Waals surface area (Å²) in [5.41, 5.74) is 17.8. The van der Waals surface area contributed by atoms with E-state index in [2.05, 4.69) is 32.0 Å². The zero-order valence-corrected chi connectivity index (χ0v) is 24.5. The molecule has 0 fully saturated rings. The summed E-state index contributed by atoms with van der Waals surface area (Å²) in [6.07, 6.45) is 1.96. The van der Waals surface area contributed by atoms with Crippen LogP contribution >= 0.6 is 11.6 Å². The van der Waals surface area contributed by atoms with E-state index in [4.69, 9.17) is 38.9 Å². The van der Waals surface area contributed by atoms with E-state index in [0.29, 0.717) is 6.54 Å². The highest BCUT2D eigenvalue weighted by Crippen LogP contribution is 2.21. The fourth-order valence-electron chi connectivity index (χ4n) is 4.03. The molecule has 1 atom stereocenters. The fraction of sp³-hybridized carbons (Fsp3) is 0.357. The van der Waals surface area contributed by atoms with Gasteiger partial charge in [-0.25, -0.2) is 14.8 Å². The van der Waals surface area contributed by atoms with Gasteiger partial charge >= 0.3 is 6.09 Å². The van der Waals surface area contributed by atoms with E-state index < -0.39 is 29.6 Å². The second-order valence-electron chi connectivity index (χ2n) is 10.7. The topological polar surface area (TPSA) is 224 Å². The van der Waals surface area contributed by atoms with Crippen LogP contribution in [0.2, 0.25) is 5.15 Å². The summed E-state index contributed by atoms with van der Waals surface area (Å²) in [4.78, 5) is 43.9. The van der Waals surface area contributed by atoms with E-state index in [1.54, 1.807) is 20.8 Å². The molecule has 2 aromatic carbocycles. The van der Waals surface area contributed by atoms with Crippen LogP contribution in [-0.4, -0.2) is 52.0 Å². The Bertz CT molecular complexity index is 1490. The molecule has 14 heteroatoms. The molecule has 1 heterocycles. The number of amides is 3. The van der Waals surface area contributed by atoms with Gasteiger partial charge in [0.15, 0.2) is 28.4 Å². The summed E-state index contributed by atoms with van der Waals surface area (Å²) in [5, 5.41) is 17.6. The van der Waals surface area contributed by atoms with Gasteiger partial charge in [-0.15, -0.1) is 0 Å². The lowest BCUT2D eigenvalue weighted by molar-refractivity contribution is -0.120. The molecule has 0 aliphatic rings. The van der Waals surface area contributed by atoms with Crippen LogP contribution in [0.1, 0.15) is 55.2 Å². The summed E-state index contributed by atoms with van der Waals surface area (Å²) < 4.78 is 5.24. The molecule has 3 amide bonds. The van der Waals surface area contributed by atoms with Crippen LogP contribution in [-0.2, 0) is 22.4 Å². The Morgan fingerprint density at radius 1 is 1.00 bits per heavy atom. The van der Waals surface area contributed by atoms with Gasteiger partial charge in [0.2, 0.25) is 5.91 Å². The van der Waals surface area contributed by atoms with Crippen molar-refractivity contribution in [2.45, 2.75) is 58.1 Å². The lowest BCUT2D eigenvalue weighted by atomic mass is 9.98. The van der Waals surface area contributed by atoms with Gasteiger partial charge in [-0.3, -0.25) is 20.3 Å². The highest BCUT2D eigenvalue weighted by atomic mass is 35.5. The lowest BCUT2D eigenvalue weighted by Gasteiger charge is -2.22. The van der Waals surface area contributed by atoms with Gasteiger partial charge in [-0.2, -0.15) is 0 Å². The number of unbranched alkanes of at least 4 members (excludes halogenated alkanes) is 1. The number of anilines is 2. The quantitative estimate of drug-likeness (QED) is 0.103. The van der Waals surface area contributed by atoms with Crippen molar-refractivity contribution in [1.29, 1.82) is 5.41 Å². The van der Waals surface area contributed by atoms with E-state index in [0.717, 1.165) is 41.2 Å². The number of hydrogen-bond acceptors (Lipinski definition) is 9. The SMILES string of the molecule is CC(C)(C)OC(=O)N[C@@H](Cc1ccc2cc(CCCCNC(=N)NC(=O)c3nc(Cl)c(N)nc3N)ccc2c1)C(N)=O. The van der Waals surface area contributed by atoms with Crippen molar-refractivity contribution in [1.82, 2.24) is 25.9 Å². The zero-order chi connectivity index (χ0) is 31.0. The number of nitrogens with two attached hydrogens (primary N) is 3. The molecule has 1 aromatic heterocycles. The number of nitrogen functional groups attached to an aromatic ring is 2. The minimum Gasteiger partial charge on any atom is -0.444 e. The number of nitrogens with one attached hydrogen (secondary N) is 4. The van der Waals surface area contributed by atoms with E-state index in [1.165, 1.54) is 0 Å². The number of hydrogen-bond donors (Lipinski definition) is 7. The van der Waals surface area contributed by atoms with Crippen molar-refractivity contribution < 1.29 is 19.1 Å². The molecule has 0 aliphatic carbocycles. The minimum atomic E-state index is -0.900. The maximum absolute atomic E-state index is 12.3. The minimum absolute atomic E-state index is 0.0851. The predicted octanol–water partition coefficient (Wildman–Crippen LogP) is 2.65. The Labute approximate surface area is 248 Å². The van der Waals surface area contributed by atoms with Gasteiger partial charge in [0.1, 0.15) is 11.6 Å². The molecule has 224 valence electrons. The van der Waals surface area contributed by atoms with Crippen LogP contribution in [0.25, 0.3) is 10.8 Å². The van der Waals surface area contributed by atoms with Crippen LogP contribution in [0.3, 0.4) is 0 Å². The largest absolute Gasteiger partial charge is 0.444 e. The molecular formula is C28H36ClN9O4. The number of nitrogens with zero attached hydrogens (tertiary/aromatic N) is 2. The number of rotatable bonds is 10. The number of aryl methyl sites for hydroxylation is 1. The molecular weight excluding hydrogens is 562 g/mol. The third kappa shape index (κ3) is 9.47. The van der Waals surface area contributed by atoms with Crippen molar-refractivity contribution in [3.63, 3.8) is 0 Å². The van der Waals surface area contributed by atoms with Crippen molar-refractivity contribution in [2.75, 3.05) is 18.0 Å². The van der Waals surface area contributed by atoms with Crippen LogP contribution in [0, 0.1) is 5.41 Å². The normalized spacial score (nSPS) is 11.9. The van der Waals surface area contributed by atoms with Gasteiger partial charge in [-0.1, -0.05) is 48.0 Å². The average Bonchev–Trinajstić information content (AvgIpc) is 2.89.